The van der Waals surface area contributed by atoms with Crippen molar-refractivity contribution in [2.75, 3.05) is 13.2 Å². The molecule has 1 aliphatic heterocycles. The Morgan fingerprint density at radius 1 is 1.20 bits per heavy atom. The first-order valence-electron chi connectivity index (χ1n) is 9.89. The zero-order valence-corrected chi connectivity index (χ0v) is 16.2. The second kappa shape index (κ2) is 8.14. The largest absolute Gasteiger partial charge is 0.489 e. The number of carboxylic acids is 1. The van der Waals surface area contributed by atoms with Crippen LogP contribution in [0.5, 0.6) is 5.75 Å². The van der Waals surface area contributed by atoms with Crippen LogP contribution in [0.15, 0.2) is 48.5 Å². The first-order chi connectivity index (χ1) is 14.3. The van der Waals surface area contributed by atoms with Gasteiger partial charge >= 0.3 is 12.1 Å². The van der Waals surface area contributed by atoms with Crippen molar-refractivity contribution in [3.8, 4) is 5.75 Å². The van der Waals surface area contributed by atoms with Crippen molar-refractivity contribution in [1.29, 1.82) is 0 Å². The predicted molar refractivity (Wildman–Crippen MR) is 106 cm³/mol. The smallest absolute Gasteiger partial charge is 0.416 e. The second-order valence-electron chi connectivity index (χ2n) is 7.67. The summed E-state index contributed by atoms with van der Waals surface area (Å²) in [6, 6.07) is 10.8. The van der Waals surface area contributed by atoms with E-state index in [9.17, 15) is 18.0 Å². The Hall–Kier alpha value is -2.80. The third-order valence-electron chi connectivity index (χ3n) is 5.70. The van der Waals surface area contributed by atoms with Crippen LogP contribution in [-0.4, -0.2) is 41.2 Å². The van der Waals surface area contributed by atoms with E-state index < -0.39 is 17.7 Å². The topological polar surface area (TPSA) is 49.5 Å². The van der Waals surface area contributed by atoms with Gasteiger partial charge in [-0.15, -0.1) is 0 Å². The molecule has 3 atom stereocenters. The van der Waals surface area contributed by atoms with Crippen molar-refractivity contribution in [1.82, 2.24) is 4.90 Å². The maximum absolute atomic E-state index is 12.6. The van der Waals surface area contributed by atoms with Gasteiger partial charge in [0.1, 0.15) is 18.4 Å². The number of carboxylic acid groups (broad SMARTS) is 1. The van der Waals surface area contributed by atoms with Gasteiger partial charge in [-0.2, -0.15) is 13.2 Å². The molecule has 2 aliphatic rings. The fourth-order valence-electron chi connectivity index (χ4n) is 4.05. The number of benzene rings is 2. The lowest BCUT2D eigenvalue weighted by molar-refractivity contribution is -0.138. The molecule has 0 amide bonds. The lowest BCUT2D eigenvalue weighted by Crippen LogP contribution is -2.30. The Morgan fingerprint density at radius 2 is 1.97 bits per heavy atom. The summed E-state index contributed by atoms with van der Waals surface area (Å²) >= 11 is 0. The minimum absolute atomic E-state index is 0.258. The molecule has 0 aromatic heterocycles. The molecule has 158 valence electrons. The number of hydrogen-bond donors (Lipinski definition) is 1. The van der Waals surface area contributed by atoms with Gasteiger partial charge in [0.05, 0.1) is 5.56 Å². The van der Waals surface area contributed by atoms with Gasteiger partial charge in [0.15, 0.2) is 0 Å². The summed E-state index contributed by atoms with van der Waals surface area (Å²) in [5, 5.41) is 9.13. The van der Waals surface area contributed by atoms with Crippen molar-refractivity contribution < 1.29 is 27.8 Å². The first-order valence-corrected chi connectivity index (χ1v) is 9.89. The lowest BCUT2D eigenvalue weighted by Gasteiger charge is -2.27. The van der Waals surface area contributed by atoms with Crippen LogP contribution in [-0.2, 0) is 23.8 Å². The third kappa shape index (κ3) is 4.51. The summed E-state index contributed by atoms with van der Waals surface area (Å²) in [7, 11) is 0. The molecule has 0 spiro atoms. The van der Waals surface area contributed by atoms with Gasteiger partial charge in [0, 0.05) is 12.6 Å². The van der Waals surface area contributed by atoms with Crippen molar-refractivity contribution >= 4 is 12.0 Å². The summed E-state index contributed by atoms with van der Waals surface area (Å²) in [6.45, 7) is 0.939. The highest BCUT2D eigenvalue weighted by Crippen LogP contribution is 2.35. The Kier molecular flexibility index (Phi) is 5.56. The van der Waals surface area contributed by atoms with Crippen LogP contribution in [0.1, 0.15) is 28.7 Å². The molecule has 1 fully saturated rings. The highest BCUT2D eigenvalue weighted by Gasteiger charge is 2.45. The van der Waals surface area contributed by atoms with Gasteiger partial charge in [-0.1, -0.05) is 30.3 Å². The van der Waals surface area contributed by atoms with Crippen LogP contribution in [0.3, 0.4) is 0 Å². The number of rotatable bonds is 6. The number of fused-ring (bicyclic) bond motifs is 1. The monoisotopic (exact) mass is 417 g/mol. The number of aliphatic carboxylic acids is 1. The van der Waals surface area contributed by atoms with Gasteiger partial charge in [0.25, 0.3) is 0 Å². The summed E-state index contributed by atoms with van der Waals surface area (Å²) < 4.78 is 43.7. The molecular formula is C23H22F3NO3. The van der Waals surface area contributed by atoms with Crippen molar-refractivity contribution in [3.05, 3.63) is 70.8 Å². The molecular weight excluding hydrogens is 395 g/mol. The second-order valence-corrected chi connectivity index (χ2v) is 7.67. The van der Waals surface area contributed by atoms with Gasteiger partial charge in [-0.3, -0.25) is 9.69 Å². The zero-order chi connectivity index (χ0) is 21.3. The highest BCUT2D eigenvalue weighted by molar-refractivity contribution is 5.77. The fourth-order valence-corrected chi connectivity index (χ4v) is 4.05. The van der Waals surface area contributed by atoms with E-state index in [0.717, 1.165) is 42.7 Å². The first kappa shape index (κ1) is 20.5. The Bertz CT molecular complexity index is 953. The Balaban J connectivity index is 1.34. The Labute approximate surface area is 172 Å². The van der Waals surface area contributed by atoms with E-state index in [4.69, 9.17) is 9.84 Å². The summed E-state index contributed by atoms with van der Waals surface area (Å²) in [5.41, 5.74) is 2.36. The van der Waals surface area contributed by atoms with Crippen LogP contribution >= 0.6 is 0 Å². The minimum Gasteiger partial charge on any atom is -0.489 e. The number of halogens is 3. The molecule has 1 saturated heterocycles. The minimum atomic E-state index is -4.33. The number of carbonyl (C=O) groups is 1. The van der Waals surface area contributed by atoms with E-state index in [1.807, 2.05) is 17.0 Å². The molecule has 4 nitrogen and oxygen atoms in total. The summed E-state index contributed by atoms with van der Waals surface area (Å²) in [6.07, 6.45) is 1.73. The van der Waals surface area contributed by atoms with E-state index in [1.54, 1.807) is 12.2 Å². The number of alkyl halides is 3. The van der Waals surface area contributed by atoms with Crippen LogP contribution in [0.2, 0.25) is 0 Å². The van der Waals surface area contributed by atoms with Crippen molar-refractivity contribution in [2.24, 2.45) is 0 Å². The molecule has 4 rings (SSSR count). The summed E-state index contributed by atoms with van der Waals surface area (Å²) in [5.74, 6) is 0.0568. The molecule has 7 heteroatoms. The van der Waals surface area contributed by atoms with E-state index >= 15 is 0 Å². The van der Waals surface area contributed by atoms with Crippen LogP contribution in [0.25, 0.3) is 6.08 Å². The molecule has 0 radical (unpaired) electrons. The summed E-state index contributed by atoms with van der Waals surface area (Å²) in [4.78, 5) is 13.1. The van der Waals surface area contributed by atoms with E-state index in [-0.39, 0.29) is 12.1 Å². The van der Waals surface area contributed by atoms with Gasteiger partial charge in [-0.25, -0.2) is 0 Å². The van der Waals surface area contributed by atoms with Crippen LogP contribution in [0.4, 0.5) is 13.2 Å². The average molecular weight is 417 g/mol. The number of ether oxygens (including phenoxy) is 1. The third-order valence-corrected chi connectivity index (χ3v) is 5.70. The van der Waals surface area contributed by atoms with E-state index in [0.29, 0.717) is 18.7 Å². The molecule has 0 bridgehead atoms. The van der Waals surface area contributed by atoms with E-state index in [2.05, 4.69) is 6.07 Å². The molecule has 2 unspecified atom stereocenters. The molecule has 2 aromatic rings. The SMILES string of the molecule is O=C(O)[C@H]1CN1C1CCc2c(cccc2OC/C=C/c2ccc(C(F)(F)F)cc2)C1. The molecule has 1 heterocycles. The van der Waals surface area contributed by atoms with Crippen LogP contribution < -0.4 is 4.74 Å². The highest BCUT2D eigenvalue weighted by atomic mass is 19.4. The normalized spacial score (nSPS) is 23.2. The van der Waals surface area contributed by atoms with Gasteiger partial charge < -0.3 is 9.84 Å². The molecule has 30 heavy (non-hydrogen) atoms. The van der Waals surface area contributed by atoms with Crippen LogP contribution in [0, 0.1) is 0 Å². The average Bonchev–Trinajstić information content (AvgIpc) is 3.52. The molecule has 2 aromatic carbocycles. The number of nitrogens with zero attached hydrogens (tertiary/aromatic N) is 1. The molecule has 1 N–H and O–H groups in total. The van der Waals surface area contributed by atoms with Crippen molar-refractivity contribution in [3.63, 3.8) is 0 Å². The number of hydrogen-bond acceptors (Lipinski definition) is 3. The van der Waals surface area contributed by atoms with Crippen molar-refractivity contribution in [2.45, 2.75) is 37.5 Å². The fraction of sp³-hybridized carbons (Fsp3) is 0.348. The van der Waals surface area contributed by atoms with Gasteiger partial charge in [0.2, 0.25) is 0 Å². The maximum atomic E-state index is 12.6. The molecule has 1 aliphatic carbocycles. The Morgan fingerprint density at radius 3 is 2.63 bits per heavy atom. The quantitative estimate of drug-likeness (QED) is 0.707. The van der Waals surface area contributed by atoms with Gasteiger partial charge in [-0.05, 0) is 60.2 Å². The lowest BCUT2D eigenvalue weighted by atomic mass is 9.87. The maximum Gasteiger partial charge on any atom is 0.416 e. The predicted octanol–water partition coefficient (Wildman–Crippen LogP) is 4.42. The molecule has 0 saturated carbocycles. The van der Waals surface area contributed by atoms with E-state index in [1.165, 1.54) is 17.7 Å². The standard InChI is InChI=1S/C23H22F3NO3/c24-23(25,26)17-8-6-15(7-9-17)3-2-12-30-21-5-1-4-16-13-18(10-11-19(16)21)27-14-20(27)22(28)29/h1-9,18,20H,10-14H2,(H,28,29)/b3-2+/t18?,20-,27?/m1/s1. The zero-order valence-electron chi connectivity index (χ0n) is 16.2.